The monoisotopic (exact) mass is 641 g/mol. The van der Waals surface area contributed by atoms with Crippen LogP contribution in [-0.4, -0.2) is 78.7 Å². The summed E-state index contributed by atoms with van der Waals surface area (Å²) < 4.78 is 10.4. The third kappa shape index (κ3) is 6.82. The first-order valence-corrected chi connectivity index (χ1v) is 15.5. The summed E-state index contributed by atoms with van der Waals surface area (Å²) in [6.45, 7) is 4.14. The third-order valence-electron chi connectivity index (χ3n) is 9.19. The molecule has 2 aliphatic heterocycles. The molecule has 5 rings (SSSR count). The van der Waals surface area contributed by atoms with Gasteiger partial charge in [0.2, 0.25) is 6.41 Å². The van der Waals surface area contributed by atoms with Crippen LogP contribution in [0.5, 0.6) is 5.75 Å². The Labute approximate surface area is 273 Å². The first-order chi connectivity index (χ1) is 22.7. The number of carbonyl (C=O) groups excluding carboxylic acids is 3. The highest BCUT2D eigenvalue weighted by Gasteiger charge is 2.42. The number of benzene rings is 3. The molecule has 0 bridgehead atoms. The molecular weight excluding hydrogens is 602 g/mol. The van der Waals surface area contributed by atoms with Crippen molar-refractivity contribution in [2.75, 3.05) is 40.4 Å². The summed E-state index contributed by atoms with van der Waals surface area (Å²) in [4.78, 5) is 51.9. The van der Waals surface area contributed by atoms with Crippen molar-refractivity contribution >= 4 is 24.1 Å². The predicted octanol–water partition coefficient (Wildman–Crippen LogP) is 4.96. The molecule has 12 heteroatoms. The van der Waals surface area contributed by atoms with Crippen LogP contribution >= 0.6 is 0 Å². The van der Waals surface area contributed by atoms with E-state index in [1.165, 1.54) is 52.5 Å². The fraction of sp³-hybridized carbons (Fsp3) is 0.343. The lowest BCUT2D eigenvalue weighted by molar-refractivity contribution is -0.384. The van der Waals surface area contributed by atoms with Crippen LogP contribution in [0.2, 0.25) is 0 Å². The number of methoxy groups -OCH3 is 2. The lowest BCUT2D eigenvalue weighted by Crippen LogP contribution is -2.56. The molecule has 1 unspecified atom stereocenters. The zero-order chi connectivity index (χ0) is 33.6. The van der Waals surface area contributed by atoms with Gasteiger partial charge in [-0.15, -0.1) is 0 Å². The number of hydrogen-bond acceptors (Lipinski definition) is 8. The van der Waals surface area contributed by atoms with Crippen LogP contribution in [0.3, 0.4) is 0 Å². The Hall–Kier alpha value is -5.23. The zero-order valence-corrected chi connectivity index (χ0v) is 26.8. The van der Waals surface area contributed by atoms with Gasteiger partial charge in [-0.1, -0.05) is 42.5 Å². The van der Waals surface area contributed by atoms with Crippen LogP contribution < -0.4 is 10.1 Å². The van der Waals surface area contributed by atoms with Crippen molar-refractivity contribution in [3.8, 4) is 5.75 Å². The predicted molar refractivity (Wildman–Crippen MR) is 174 cm³/mol. The average molecular weight is 642 g/mol. The largest absolute Gasteiger partial charge is 0.497 e. The Morgan fingerprint density at radius 1 is 1.02 bits per heavy atom. The summed E-state index contributed by atoms with van der Waals surface area (Å²) >= 11 is 0. The molecule has 0 radical (unpaired) electrons. The highest BCUT2D eigenvalue weighted by molar-refractivity contribution is 5.95. The molecule has 0 aromatic heterocycles. The second kappa shape index (κ2) is 14.5. The number of nitro groups is 1. The number of esters is 1. The molecule has 2 aliphatic rings. The highest BCUT2D eigenvalue weighted by atomic mass is 16.6. The maximum absolute atomic E-state index is 13.4. The molecule has 47 heavy (non-hydrogen) atoms. The van der Waals surface area contributed by atoms with E-state index in [9.17, 15) is 24.5 Å². The summed E-state index contributed by atoms with van der Waals surface area (Å²) in [7, 11) is 2.89. The number of likely N-dealkylation sites (tertiary alicyclic amines) is 1. The SMILES string of the molecule is COC(=O)C1=C(C)NC(=O)N(N(C=O)CCCN2CCC(c3ccccc3)(c3ccc(OC)cc3)CC2)C1c1ccc([N+](=O)[O-])cc1. The minimum Gasteiger partial charge on any atom is -0.497 e. The standard InChI is InChI=1S/C35H39N5O7/c1-25-31(33(42)47-3)32(26-10-14-29(15-11-26)40(44)45)39(34(43)36-25)38(24-41)21-7-20-37-22-18-35(19-23-37,27-8-5-4-6-9-27)28-12-16-30(46-2)17-13-28/h4-6,8-17,24,32H,7,18-23H2,1-3H3,(H,36,43). The van der Waals surface area contributed by atoms with E-state index in [1.807, 2.05) is 18.2 Å². The number of allylic oxidation sites excluding steroid dienone is 1. The fourth-order valence-electron chi connectivity index (χ4n) is 6.69. The van der Waals surface area contributed by atoms with Gasteiger partial charge in [0.25, 0.3) is 5.69 Å². The van der Waals surface area contributed by atoms with Gasteiger partial charge in [0, 0.05) is 29.8 Å². The number of nitrogens with one attached hydrogen (secondary N) is 1. The minimum absolute atomic E-state index is 0.125. The maximum atomic E-state index is 13.4. The van der Waals surface area contributed by atoms with Gasteiger partial charge in [0.05, 0.1) is 24.7 Å². The van der Waals surface area contributed by atoms with E-state index in [2.05, 4.69) is 46.6 Å². The number of ether oxygens (including phenoxy) is 2. The minimum atomic E-state index is -1.03. The van der Waals surface area contributed by atoms with Gasteiger partial charge in [-0.25, -0.2) is 14.6 Å². The van der Waals surface area contributed by atoms with E-state index >= 15 is 0 Å². The number of nitrogens with zero attached hydrogens (tertiary/aromatic N) is 4. The van der Waals surface area contributed by atoms with Crippen LogP contribution in [0.15, 0.2) is 90.1 Å². The highest BCUT2D eigenvalue weighted by Crippen LogP contribution is 2.42. The average Bonchev–Trinajstić information content (AvgIpc) is 3.10. The Morgan fingerprint density at radius 2 is 1.66 bits per heavy atom. The molecule has 0 aliphatic carbocycles. The van der Waals surface area contributed by atoms with E-state index < -0.39 is 23.0 Å². The van der Waals surface area contributed by atoms with Gasteiger partial charge in [0.15, 0.2) is 0 Å². The van der Waals surface area contributed by atoms with Crippen molar-refractivity contribution in [3.63, 3.8) is 0 Å². The molecule has 1 saturated heterocycles. The molecule has 246 valence electrons. The lowest BCUT2D eigenvalue weighted by atomic mass is 9.68. The van der Waals surface area contributed by atoms with Crippen LogP contribution in [0, 0.1) is 10.1 Å². The van der Waals surface area contributed by atoms with Gasteiger partial charge < -0.3 is 19.7 Å². The van der Waals surface area contributed by atoms with Gasteiger partial charge in [-0.05, 0) is 86.8 Å². The van der Waals surface area contributed by atoms with E-state index in [1.54, 1.807) is 14.0 Å². The molecule has 1 atom stereocenters. The summed E-state index contributed by atoms with van der Waals surface area (Å²) in [5.41, 5.74) is 3.06. The summed E-state index contributed by atoms with van der Waals surface area (Å²) in [5, 5.41) is 16.4. The Kier molecular flexibility index (Phi) is 10.2. The van der Waals surface area contributed by atoms with E-state index in [4.69, 9.17) is 9.47 Å². The Balaban J connectivity index is 1.31. The van der Waals surface area contributed by atoms with Crippen molar-refractivity contribution in [2.45, 2.75) is 37.6 Å². The van der Waals surface area contributed by atoms with Gasteiger partial charge >= 0.3 is 12.0 Å². The van der Waals surface area contributed by atoms with Crippen molar-refractivity contribution in [2.24, 2.45) is 0 Å². The summed E-state index contributed by atoms with van der Waals surface area (Å²) in [6.07, 6.45) is 2.94. The quantitative estimate of drug-likeness (QED) is 0.127. The third-order valence-corrected chi connectivity index (χ3v) is 9.19. The number of nitro benzene ring substituents is 1. The van der Waals surface area contributed by atoms with Gasteiger partial charge in [0.1, 0.15) is 11.8 Å². The molecule has 3 aromatic carbocycles. The second-order valence-electron chi connectivity index (χ2n) is 11.7. The number of rotatable bonds is 12. The molecule has 3 amide bonds. The Bertz CT molecular complexity index is 1620. The second-order valence-corrected chi connectivity index (χ2v) is 11.7. The number of urea groups is 1. The number of amides is 3. The molecule has 12 nitrogen and oxygen atoms in total. The fourth-order valence-corrected chi connectivity index (χ4v) is 6.69. The van der Waals surface area contributed by atoms with Gasteiger partial charge in [-0.2, -0.15) is 0 Å². The first-order valence-electron chi connectivity index (χ1n) is 15.5. The van der Waals surface area contributed by atoms with Crippen LogP contribution in [0.4, 0.5) is 10.5 Å². The van der Waals surface area contributed by atoms with E-state index in [0.29, 0.717) is 24.9 Å². The first kappa shape index (κ1) is 33.1. The van der Waals surface area contributed by atoms with Crippen LogP contribution in [-0.2, 0) is 19.7 Å². The van der Waals surface area contributed by atoms with E-state index in [0.717, 1.165) is 31.7 Å². The van der Waals surface area contributed by atoms with Crippen molar-refractivity contribution in [3.05, 3.63) is 117 Å². The van der Waals surface area contributed by atoms with E-state index in [-0.39, 0.29) is 28.9 Å². The number of hydrogen-bond donors (Lipinski definition) is 1. The number of hydrazine groups is 1. The zero-order valence-electron chi connectivity index (χ0n) is 26.8. The van der Waals surface area contributed by atoms with Gasteiger partial charge in [-0.3, -0.25) is 19.9 Å². The maximum Gasteiger partial charge on any atom is 0.341 e. The van der Waals surface area contributed by atoms with Crippen molar-refractivity contribution < 1.29 is 28.8 Å². The number of carbonyl (C=O) groups is 3. The topological polar surface area (TPSA) is 135 Å². The smallest absolute Gasteiger partial charge is 0.341 e. The molecule has 0 spiro atoms. The van der Waals surface area contributed by atoms with Crippen LogP contribution in [0.1, 0.15) is 48.9 Å². The molecular formula is C35H39N5O7. The van der Waals surface area contributed by atoms with Crippen molar-refractivity contribution in [1.29, 1.82) is 0 Å². The molecule has 1 N–H and O–H groups in total. The van der Waals surface area contributed by atoms with Crippen LogP contribution in [0.25, 0.3) is 0 Å². The Morgan fingerprint density at radius 3 is 2.23 bits per heavy atom. The number of non-ortho nitro benzene ring substituents is 1. The molecule has 2 heterocycles. The molecule has 3 aromatic rings. The number of piperidine rings is 1. The molecule has 0 saturated carbocycles. The summed E-state index contributed by atoms with van der Waals surface area (Å²) in [5.74, 6) is 0.130. The molecule has 1 fully saturated rings. The summed E-state index contributed by atoms with van der Waals surface area (Å²) in [6, 6.07) is 22.8. The van der Waals surface area contributed by atoms with Crippen molar-refractivity contribution in [1.82, 2.24) is 20.2 Å². The normalized spacial score (nSPS) is 17.9. The lowest BCUT2D eigenvalue weighted by Gasteiger charge is -2.44.